The van der Waals surface area contributed by atoms with E-state index in [1.807, 2.05) is 0 Å². The van der Waals surface area contributed by atoms with E-state index in [4.69, 9.17) is 0 Å². The van der Waals surface area contributed by atoms with E-state index >= 15 is 0 Å². The van der Waals surface area contributed by atoms with Crippen LogP contribution in [0.2, 0.25) is 0 Å². The molecule has 0 radical (unpaired) electrons. The van der Waals surface area contributed by atoms with E-state index in [1.54, 1.807) is 0 Å². The molecule has 99 heavy (non-hydrogen) atoms. The Morgan fingerprint density at radius 1 is 0.0909 bits per heavy atom. The molecule has 594 valence electrons. The lowest BCUT2D eigenvalue weighted by Gasteiger charge is -2.33. The summed E-state index contributed by atoms with van der Waals surface area (Å²) in [4.78, 5) is 35.1. The third-order valence-electron chi connectivity index (χ3n) is 23.2. The minimum absolute atomic E-state index is 1.22. The van der Waals surface area contributed by atoms with Gasteiger partial charge in [-0.05, 0) is 338 Å². The maximum Gasteiger partial charge on any atom is 0.0110 e. The van der Waals surface area contributed by atoms with E-state index in [0.717, 1.165) is 0 Å². The number of piperazine rings is 1. The van der Waals surface area contributed by atoms with Crippen molar-refractivity contribution in [3.63, 3.8) is 0 Å². The third kappa shape index (κ3) is 57.3. The molecule has 14 heteroatoms. The lowest BCUT2D eigenvalue weighted by molar-refractivity contribution is 0.142. The largest absolute Gasteiger partial charge is 0.304 e. The number of piperidine rings is 3. The third-order valence-corrected chi connectivity index (χ3v) is 23.2. The second-order valence-electron chi connectivity index (χ2n) is 30.3. The zero-order valence-corrected chi connectivity index (χ0v) is 70.5. The minimum atomic E-state index is 1.22. The van der Waals surface area contributed by atoms with Gasteiger partial charge in [-0.15, -0.1) is 0 Å². The molecule has 12 aliphatic heterocycles. The number of hydrogen-bond donors (Lipinski definition) is 0. The fraction of sp³-hybridized carbons (Fsp3) is 1.00. The van der Waals surface area contributed by atoms with Crippen LogP contribution in [0.25, 0.3) is 0 Å². The average molecular weight is 1400 g/mol. The van der Waals surface area contributed by atoms with Gasteiger partial charge >= 0.3 is 0 Å². The van der Waals surface area contributed by atoms with Crippen molar-refractivity contribution in [3.8, 4) is 0 Å². The standard InChI is InChI=1S/C9H20N2.C8H18N2.4C8H17N.3C7H15N.C6H13N.C5H11N.C4H9N/c1-3-10-6-5-7-11(4-2)9-8-10;1-3-9-5-7-10(4-2)8-6-9;4*1-2-9-7-5-3-4-6-8-9;3*1-2-8-6-4-3-5-7-8;1-2-7-5-3-4-6-7;1-2-6-4-3-5-6;1-2-5-3-4-5/h3-9H2,1-2H3;3-8H2,1-2H3;4*2-8H2,1H3;3*2-7H2,1H3;2-6H2,1H3;2-5H2,1H3;2-4H2,1H3. The van der Waals surface area contributed by atoms with Gasteiger partial charge in [0.05, 0.1) is 0 Å². The molecule has 12 aliphatic rings. The predicted octanol–water partition coefficient (Wildman–Crippen LogP) is 15.8. The Morgan fingerprint density at radius 3 is 0.273 bits per heavy atom. The minimum Gasteiger partial charge on any atom is -0.304 e. The quantitative estimate of drug-likeness (QED) is 0.155. The van der Waals surface area contributed by atoms with Gasteiger partial charge in [-0.2, -0.15) is 0 Å². The lowest BCUT2D eigenvalue weighted by Crippen LogP contribution is -2.45. The summed E-state index contributed by atoms with van der Waals surface area (Å²) in [6, 6.07) is 0. The number of rotatable bonds is 14. The smallest absolute Gasteiger partial charge is 0.0110 e. The van der Waals surface area contributed by atoms with Crippen LogP contribution in [0.4, 0.5) is 0 Å². The molecule has 0 bridgehead atoms. The van der Waals surface area contributed by atoms with Crippen LogP contribution >= 0.6 is 0 Å². The van der Waals surface area contributed by atoms with Gasteiger partial charge in [-0.3, -0.25) is 0 Å². The van der Waals surface area contributed by atoms with Crippen molar-refractivity contribution >= 4 is 0 Å². The zero-order valence-electron chi connectivity index (χ0n) is 70.5. The first-order valence-corrected chi connectivity index (χ1v) is 44.7. The van der Waals surface area contributed by atoms with Crippen LogP contribution in [-0.2, 0) is 0 Å². The summed E-state index contributed by atoms with van der Waals surface area (Å²) in [6.07, 6.45) is 41.6. The van der Waals surface area contributed by atoms with Crippen LogP contribution in [0.15, 0.2) is 0 Å². The van der Waals surface area contributed by atoms with E-state index in [2.05, 4.69) is 166 Å². The van der Waals surface area contributed by atoms with Gasteiger partial charge in [0.1, 0.15) is 0 Å². The van der Waals surface area contributed by atoms with Crippen LogP contribution in [0.1, 0.15) is 283 Å². The zero-order chi connectivity index (χ0) is 72.3. The van der Waals surface area contributed by atoms with Crippen molar-refractivity contribution < 1.29 is 0 Å². The molecule has 0 aliphatic carbocycles. The SMILES string of the molecule is CCN1CC1.CCN1CCC1.CCN1CCCC1.CCN1CCCCC1.CCN1CCCCC1.CCN1CCCCC1.CCN1CCCCCC1.CCN1CCCCCC1.CCN1CCCCCC1.CCN1CCCCCC1.CCN1CCCN(CC)CC1.CCN1CCN(CC)CC1. The second-order valence-corrected chi connectivity index (χ2v) is 30.3. The molecule has 0 N–H and O–H groups in total. The molecule has 12 rings (SSSR count). The molecule has 0 aromatic heterocycles. The lowest BCUT2D eigenvalue weighted by atomic mass is 10.1. The summed E-state index contributed by atoms with van der Waals surface area (Å²) >= 11 is 0. The number of hydrogen-bond acceptors (Lipinski definition) is 14. The Balaban J connectivity index is 0.000000542. The molecule has 0 atom stereocenters. The second kappa shape index (κ2) is 71.7. The Kier molecular flexibility index (Phi) is 69.8. The first-order valence-electron chi connectivity index (χ1n) is 44.7. The predicted molar refractivity (Wildman–Crippen MR) is 443 cm³/mol. The molecular weight excluding hydrogens is 1220 g/mol. The molecule has 0 amide bonds. The number of likely N-dealkylation sites (N-methyl/N-ethyl adjacent to an activating group) is 5. The molecule has 0 aromatic carbocycles. The summed E-state index contributed by atoms with van der Waals surface area (Å²) in [5.41, 5.74) is 0. The van der Waals surface area contributed by atoms with E-state index < -0.39 is 0 Å². The van der Waals surface area contributed by atoms with Crippen LogP contribution in [0.5, 0.6) is 0 Å². The van der Waals surface area contributed by atoms with Crippen LogP contribution < -0.4 is 0 Å². The fourth-order valence-electron chi connectivity index (χ4n) is 14.9. The first kappa shape index (κ1) is 96.5. The molecule has 0 unspecified atom stereocenters. The van der Waals surface area contributed by atoms with Crippen molar-refractivity contribution in [1.29, 1.82) is 0 Å². The highest BCUT2D eigenvalue weighted by Crippen LogP contribution is 2.14. The summed E-state index contributed by atoms with van der Waals surface area (Å²) in [7, 11) is 0. The maximum atomic E-state index is 2.55. The van der Waals surface area contributed by atoms with E-state index in [0.29, 0.717) is 0 Å². The highest BCUT2D eigenvalue weighted by molar-refractivity contribution is 4.72. The van der Waals surface area contributed by atoms with Gasteiger partial charge in [0.2, 0.25) is 0 Å². The van der Waals surface area contributed by atoms with Crippen molar-refractivity contribution in [3.05, 3.63) is 0 Å². The van der Waals surface area contributed by atoms with Gasteiger partial charge in [0, 0.05) is 52.4 Å². The summed E-state index contributed by atoms with van der Waals surface area (Å²) in [5.74, 6) is 0. The van der Waals surface area contributed by atoms with Gasteiger partial charge < -0.3 is 68.6 Å². The Labute approximate surface area is 623 Å². The normalized spacial score (nSPS) is 23.6. The molecular formula is C85H184N14. The first-order chi connectivity index (χ1) is 48.5. The monoisotopic (exact) mass is 1400 g/mol. The molecule has 12 fully saturated rings. The fourth-order valence-corrected chi connectivity index (χ4v) is 14.9. The highest BCUT2D eigenvalue weighted by Gasteiger charge is 2.16. The Hall–Kier alpha value is -0.560. The van der Waals surface area contributed by atoms with Crippen molar-refractivity contribution in [2.75, 3.05) is 275 Å². The Bertz CT molecular complexity index is 1380. The topological polar surface area (TPSA) is 45.1 Å². The van der Waals surface area contributed by atoms with Crippen LogP contribution in [0.3, 0.4) is 0 Å². The van der Waals surface area contributed by atoms with Gasteiger partial charge in [-0.1, -0.05) is 168 Å². The molecule has 12 saturated heterocycles. The molecule has 0 aromatic rings. The molecule has 12 heterocycles. The van der Waals surface area contributed by atoms with Crippen molar-refractivity contribution in [2.24, 2.45) is 0 Å². The maximum absolute atomic E-state index is 2.55. The van der Waals surface area contributed by atoms with Crippen molar-refractivity contribution in [2.45, 2.75) is 283 Å². The summed E-state index contributed by atoms with van der Waals surface area (Å²) in [6.45, 7) is 85.8. The van der Waals surface area contributed by atoms with Crippen molar-refractivity contribution in [1.82, 2.24) is 68.6 Å². The summed E-state index contributed by atoms with van der Waals surface area (Å²) in [5, 5.41) is 0. The molecule has 0 spiro atoms. The number of likely N-dealkylation sites (tertiary alicyclic amines) is 9. The van der Waals surface area contributed by atoms with Crippen LogP contribution in [0, 0.1) is 0 Å². The average Bonchev–Trinajstić information content (AvgIpc) is 3.72. The van der Waals surface area contributed by atoms with E-state index in [9.17, 15) is 0 Å². The van der Waals surface area contributed by atoms with Crippen LogP contribution in [-0.4, -0.2) is 343 Å². The van der Waals surface area contributed by atoms with Gasteiger partial charge in [-0.25, -0.2) is 0 Å². The summed E-state index contributed by atoms with van der Waals surface area (Å²) < 4.78 is 0. The Morgan fingerprint density at radius 2 is 0.162 bits per heavy atom. The van der Waals surface area contributed by atoms with E-state index in [-0.39, 0.29) is 0 Å². The number of nitrogens with zero attached hydrogens (tertiary/aromatic N) is 14. The van der Waals surface area contributed by atoms with Gasteiger partial charge in [0.15, 0.2) is 0 Å². The molecule has 14 nitrogen and oxygen atoms in total. The van der Waals surface area contributed by atoms with E-state index in [1.165, 1.54) is 461 Å². The van der Waals surface area contributed by atoms with Gasteiger partial charge in [0.25, 0.3) is 0 Å². The molecule has 0 saturated carbocycles. The highest BCUT2D eigenvalue weighted by atomic mass is 15.3.